The standard InChI is InChI=1S/C17H12Cl3N3O/c18-12-5-6-13(15(20)9-12)17(24)22-16-7-8-21-23(16)10-11-3-1-2-4-14(11)19/h1-9H,10H2,(H,22,24). The second-order valence-electron chi connectivity index (χ2n) is 5.04. The number of rotatable bonds is 4. The molecule has 2 aromatic carbocycles. The van der Waals surface area contributed by atoms with Crippen molar-refractivity contribution in [2.75, 3.05) is 5.32 Å². The lowest BCUT2D eigenvalue weighted by Gasteiger charge is -2.11. The van der Waals surface area contributed by atoms with Gasteiger partial charge >= 0.3 is 0 Å². The molecule has 3 rings (SSSR count). The van der Waals surface area contributed by atoms with Gasteiger partial charge in [0, 0.05) is 16.1 Å². The average Bonchev–Trinajstić information content (AvgIpc) is 2.96. The summed E-state index contributed by atoms with van der Waals surface area (Å²) in [6.45, 7) is 0.441. The van der Waals surface area contributed by atoms with Crippen molar-refractivity contribution in [1.82, 2.24) is 9.78 Å². The molecule has 1 heterocycles. The van der Waals surface area contributed by atoms with Gasteiger partial charge in [-0.2, -0.15) is 5.10 Å². The summed E-state index contributed by atoms with van der Waals surface area (Å²) in [7, 11) is 0. The van der Waals surface area contributed by atoms with Gasteiger partial charge in [0.15, 0.2) is 0 Å². The molecule has 3 aromatic rings. The Kier molecular flexibility index (Phi) is 5.09. The van der Waals surface area contributed by atoms with Crippen LogP contribution in [-0.2, 0) is 6.54 Å². The van der Waals surface area contributed by atoms with E-state index >= 15 is 0 Å². The number of carbonyl (C=O) groups is 1. The Hall–Kier alpha value is -2.01. The van der Waals surface area contributed by atoms with E-state index in [0.717, 1.165) is 5.56 Å². The minimum Gasteiger partial charge on any atom is -0.307 e. The fraction of sp³-hybridized carbons (Fsp3) is 0.0588. The predicted molar refractivity (Wildman–Crippen MR) is 97.2 cm³/mol. The maximum Gasteiger partial charge on any atom is 0.258 e. The second kappa shape index (κ2) is 7.26. The average molecular weight is 381 g/mol. The van der Waals surface area contributed by atoms with Gasteiger partial charge in [0.1, 0.15) is 5.82 Å². The molecule has 24 heavy (non-hydrogen) atoms. The summed E-state index contributed by atoms with van der Waals surface area (Å²) in [5, 5.41) is 8.43. The molecule has 0 spiro atoms. The fourth-order valence-corrected chi connectivity index (χ4v) is 2.90. The number of nitrogens with zero attached hydrogens (tertiary/aromatic N) is 2. The molecule has 7 heteroatoms. The zero-order chi connectivity index (χ0) is 17.1. The van der Waals surface area contributed by atoms with Gasteiger partial charge in [-0.3, -0.25) is 4.79 Å². The Bertz CT molecular complexity index is 892. The van der Waals surface area contributed by atoms with Crippen molar-refractivity contribution in [1.29, 1.82) is 0 Å². The van der Waals surface area contributed by atoms with Crippen LogP contribution in [0.3, 0.4) is 0 Å². The molecule has 4 nitrogen and oxygen atoms in total. The van der Waals surface area contributed by atoms with Crippen LogP contribution in [0.15, 0.2) is 54.7 Å². The van der Waals surface area contributed by atoms with Gasteiger partial charge in [0.2, 0.25) is 0 Å². The molecule has 0 saturated carbocycles. The highest BCUT2D eigenvalue weighted by atomic mass is 35.5. The highest BCUT2D eigenvalue weighted by Crippen LogP contribution is 2.23. The molecular weight excluding hydrogens is 369 g/mol. The number of halogens is 3. The molecule has 0 saturated heterocycles. The third-order valence-electron chi connectivity index (χ3n) is 3.41. The number of nitrogens with one attached hydrogen (secondary N) is 1. The smallest absolute Gasteiger partial charge is 0.258 e. The van der Waals surface area contributed by atoms with E-state index in [-0.39, 0.29) is 10.9 Å². The van der Waals surface area contributed by atoms with E-state index in [1.807, 2.05) is 24.3 Å². The predicted octanol–water partition coefficient (Wildman–Crippen LogP) is 5.14. The number of hydrogen-bond acceptors (Lipinski definition) is 2. The Morgan fingerprint density at radius 1 is 1.04 bits per heavy atom. The van der Waals surface area contributed by atoms with Crippen LogP contribution in [0.2, 0.25) is 15.1 Å². The van der Waals surface area contributed by atoms with E-state index in [1.165, 1.54) is 6.07 Å². The molecule has 0 unspecified atom stereocenters. The number of hydrogen-bond donors (Lipinski definition) is 1. The Morgan fingerprint density at radius 3 is 2.58 bits per heavy atom. The minimum atomic E-state index is -0.336. The molecule has 0 radical (unpaired) electrons. The van der Waals surface area contributed by atoms with Gasteiger partial charge < -0.3 is 5.32 Å². The largest absolute Gasteiger partial charge is 0.307 e. The lowest BCUT2D eigenvalue weighted by atomic mass is 10.2. The maximum atomic E-state index is 12.4. The van der Waals surface area contributed by atoms with Gasteiger partial charge in [-0.05, 0) is 29.8 Å². The first-order valence-corrected chi connectivity index (χ1v) is 8.19. The first-order valence-electron chi connectivity index (χ1n) is 7.06. The zero-order valence-corrected chi connectivity index (χ0v) is 14.6. The SMILES string of the molecule is O=C(Nc1ccnn1Cc1ccccc1Cl)c1ccc(Cl)cc1Cl. The fourth-order valence-electron chi connectivity index (χ4n) is 2.21. The number of carbonyl (C=O) groups excluding carboxylic acids is 1. The molecule has 1 amide bonds. The van der Waals surface area contributed by atoms with Crippen LogP contribution in [0.1, 0.15) is 15.9 Å². The van der Waals surface area contributed by atoms with E-state index in [2.05, 4.69) is 10.4 Å². The molecule has 1 aromatic heterocycles. The van der Waals surface area contributed by atoms with Crippen molar-refractivity contribution < 1.29 is 4.79 Å². The lowest BCUT2D eigenvalue weighted by Crippen LogP contribution is -2.16. The van der Waals surface area contributed by atoms with E-state index in [4.69, 9.17) is 34.8 Å². The molecule has 0 aliphatic rings. The van der Waals surface area contributed by atoms with E-state index in [9.17, 15) is 4.79 Å². The van der Waals surface area contributed by atoms with E-state index < -0.39 is 0 Å². The molecule has 0 atom stereocenters. The van der Waals surface area contributed by atoms with Crippen LogP contribution >= 0.6 is 34.8 Å². The summed E-state index contributed by atoms with van der Waals surface area (Å²) >= 11 is 18.1. The first-order chi connectivity index (χ1) is 11.5. The first kappa shape index (κ1) is 16.8. The zero-order valence-electron chi connectivity index (χ0n) is 12.3. The monoisotopic (exact) mass is 379 g/mol. The Morgan fingerprint density at radius 2 is 1.83 bits per heavy atom. The maximum absolute atomic E-state index is 12.4. The number of aromatic nitrogens is 2. The summed E-state index contributed by atoms with van der Waals surface area (Å²) in [5.74, 6) is 0.212. The summed E-state index contributed by atoms with van der Waals surface area (Å²) in [6, 6.07) is 13.9. The number of benzene rings is 2. The van der Waals surface area contributed by atoms with Gasteiger partial charge in [-0.25, -0.2) is 4.68 Å². The van der Waals surface area contributed by atoms with Gasteiger partial charge in [0.25, 0.3) is 5.91 Å². The second-order valence-corrected chi connectivity index (χ2v) is 6.29. The van der Waals surface area contributed by atoms with Crippen LogP contribution in [0, 0.1) is 0 Å². The molecule has 1 N–H and O–H groups in total. The molecule has 0 fully saturated rings. The van der Waals surface area contributed by atoms with Crippen molar-refractivity contribution in [3.63, 3.8) is 0 Å². The molecule has 122 valence electrons. The van der Waals surface area contributed by atoms with Crippen LogP contribution < -0.4 is 5.32 Å². The van der Waals surface area contributed by atoms with Gasteiger partial charge in [0.05, 0.1) is 23.3 Å². The Labute approximate surface area is 154 Å². The number of amides is 1. The minimum absolute atomic E-state index is 0.289. The summed E-state index contributed by atoms with van der Waals surface area (Å²) < 4.78 is 1.66. The van der Waals surface area contributed by atoms with Gasteiger partial charge in [-0.1, -0.05) is 53.0 Å². The van der Waals surface area contributed by atoms with Crippen molar-refractivity contribution >= 4 is 46.5 Å². The third kappa shape index (κ3) is 3.73. The van der Waals surface area contributed by atoms with Crippen molar-refractivity contribution in [2.45, 2.75) is 6.54 Å². The van der Waals surface area contributed by atoms with Crippen molar-refractivity contribution in [3.05, 3.63) is 80.9 Å². The van der Waals surface area contributed by atoms with Crippen LogP contribution in [0.25, 0.3) is 0 Å². The number of anilines is 1. The topological polar surface area (TPSA) is 46.9 Å². The molecular formula is C17H12Cl3N3O. The molecule has 0 aliphatic heterocycles. The van der Waals surface area contributed by atoms with Crippen molar-refractivity contribution in [3.8, 4) is 0 Å². The van der Waals surface area contributed by atoms with Gasteiger partial charge in [-0.15, -0.1) is 0 Å². The molecule has 0 aliphatic carbocycles. The third-order valence-corrected chi connectivity index (χ3v) is 4.33. The highest BCUT2D eigenvalue weighted by Gasteiger charge is 2.14. The van der Waals surface area contributed by atoms with E-state index in [0.29, 0.717) is 28.0 Å². The molecule has 0 bridgehead atoms. The summed E-state index contributed by atoms with van der Waals surface area (Å²) in [4.78, 5) is 12.4. The van der Waals surface area contributed by atoms with E-state index in [1.54, 1.807) is 29.1 Å². The summed E-state index contributed by atoms with van der Waals surface area (Å²) in [5.41, 5.74) is 1.24. The van der Waals surface area contributed by atoms with Crippen LogP contribution in [0.4, 0.5) is 5.82 Å². The normalized spacial score (nSPS) is 10.6. The van der Waals surface area contributed by atoms with Crippen LogP contribution in [-0.4, -0.2) is 15.7 Å². The highest BCUT2D eigenvalue weighted by molar-refractivity contribution is 6.37. The van der Waals surface area contributed by atoms with Crippen molar-refractivity contribution in [2.24, 2.45) is 0 Å². The van der Waals surface area contributed by atoms with Crippen LogP contribution in [0.5, 0.6) is 0 Å². The quantitative estimate of drug-likeness (QED) is 0.681. The lowest BCUT2D eigenvalue weighted by molar-refractivity contribution is 0.102. The summed E-state index contributed by atoms with van der Waals surface area (Å²) in [6.07, 6.45) is 1.61. The Balaban J connectivity index is 1.80.